The fraction of sp³-hybridized carbons (Fsp3) is 0.273. The van der Waals surface area contributed by atoms with Gasteiger partial charge < -0.3 is 15.4 Å². The van der Waals surface area contributed by atoms with Crippen molar-refractivity contribution in [2.24, 2.45) is 0 Å². The molecule has 4 rings (SSSR count). The summed E-state index contributed by atoms with van der Waals surface area (Å²) in [6, 6.07) is 16.8. The van der Waals surface area contributed by atoms with Gasteiger partial charge in [0.25, 0.3) is 0 Å². The molecular weight excluding hydrogens is 340 g/mol. The van der Waals surface area contributed by atoms with E-state index in [4.69, 9.17) is 0 Å². The summed E-state index contributed by atoms with van der Waals surface area (Å²) in [5, 5.41) is 14.4. The molecule has 0 radical (unpaired) electrons. The number of thioether (sulfide) groups is 1. The summed E-state index contributed by atoms with van der Waals surface area (Å²) in [4.78, 5) is 3.25. The molecule has 0 fully saturated rings. The standard InChI is InChI=1S/C22H24N2OS/c25-20-6-7-21-18(14-24-22(21)13-20)15-26-11-9-19-12-17(8-10-23-19)16-4-2-1-3-5-16/h1-8,13-14,19,23-25H,9-12,15H2. The van der Waals surface area contributed by atoms with E-state index in [0.717, 1.165) is 30.0 Å². The van der Waals surface area contributed by atoms with E-state index in [1.165, 1.54) is 28.5 Å². The highest BCUT2D eigenvalue weighted by Crippen LogP contribution is 2.27. The predicted molar refractivity (Wildman–Crippen MR) is 112 cm³/mol. The average Bonchev–Trinajstić information content (AvgIpc) is 3.08. The highest BCUT2D eigenvalue weighted by Gasteiger charge is 2.15. The Balaban J connectivity index is 1.28. The molecule has 2 aromatic carbocycles. The number of phenols is 1. The van der Waals surface area contributed by atoms with Gasteiger partial charge in [0.05, 0.1) is 0 Å². The number of benzene rings is 2. The number of fused-ring (bicyclic) bond motifs is 1. The van der Waals surface area contributed by atoms with Gasteiger partial charge in [-0.3, -0.25) is 0 Å². The molecule has 1 atom stereocenters. The molecule has 4 heteroatoms. The van der Waals surface area contributed by atoms with Gasteiger partial charge in [-0.1, -0.05) is 36.4 Å². The van der Waals surface area contributed by atoms with Crippen molar-refractivity contribution in [2.45, 2.75) is 24.6 Å². The highest BCUT2D eigenvalue weighted by molar-refractivity contribution is 7.98. The van der Waals surface area contributed by atoms with Crippen molar-refractivity contribution >= 4 is 28.2 Å². The summed E-state index contributed by atoms with van der Waals surface area (Å²) in [7, 11) is 0. The van der Waals surface area contributed by atoms with Crippen LogP contribution in [0.1, 0.15) is 24.0 Å². The van der Waals surface area contributed by atoms with Gasteiger partial charge in [0.2, 0.25) is 0 Å². The van der Waals surface area contributed by atoms with E-state index in [0.29, 0.717) is 11.8 Å². The maximum atomic E-state index is 9.56. The van der Waals surface area contributed by atoms with Crippen molar-refractivity contribution in [3.8, 4) is 5.75 Å². The van der Waals surface area contributed by atoms with Gasteiger partial charge >= 0.3 is 0 Å². The zero-order valence-corrected chi connectivity index (χ0v) is 15.6. The monoisotopic (exact) mass is 364 g/mol. The number of nitrogens with one attached hydrogen (secondary N) is 2. The summed E-state index contributed by atoms with van der Waals surface area (Å²) in [5.74, 6) is 2.45. The van der Waals surface area contributed by atoms with E-state index in [1.807, 2.05) is 17.8 Å². The SMILES string of the molecule is Oc1ccc2c(CSCCC3CC(c4ccccc4)=CCN3)c[nH]c2c1. The largest absolute Gasteiger partial charge is 0.508 e. The molecule has 2 heterocycles. The summed E-state index contributed by atoms with van der Waals surface area (Å²) in [5.41, 5.74) is 5.14. The van der Waals surface area contributed by atoms with Crippen molar-refractivity contribution < 1.29 is 5.11 Å². The van der Waals surface area contributed by atoms with Crippen molar-refractivity contribution in [1.82, 2.24) is 10.3 Å². The number of hydrogen-bond donors (Lipinski definition) is 3. The second kappa shape index (κ2) is 8.02. The number of H-pyrrole nitrogens is 1. The maximum absolute atomic E-state index is 9.56. The topological polar surface area (TPSA) is 48.0 Å². The van der Waals surface area contributed by atoms with Gasteiger partial charge in [-0.2, -0.15) is 11.8 Å². The Hall–Kier alpha value is -2.17. The zero-order chi connectivity index (χ0) is 17.8. The summed E-state index contributed by atoms with van der Waals surface area (Å²) >= 11 is 1.98. The molecule has 0 bridgehead atoms. The molecule has 3 N–H and O–H groups in total. The second-order valence-corrected chi connectivity index (χ2v) is 7.89. The van der Waals surface area contributed by atoms with E-state index in [9.17, 15) is 5.11 Å². The Morgan fingerprint density at radius 2 is 2.00 bits per heavy atom. The van der Waals surface area contributed by atoms with Crippen molar-refractivity contribution in [3.63, 3.8) is 0 Å². The lowest BCUT2D eigenvalue weighted by atomic mass is 9.94. The first-order valence-corrected chi connectivity index (χ1v) is 10.3. The fourth-order valence-corrected chi connectivity index (χ4v) is 4.62. The first-order valence-electron chi connectivity index (χ1n) is 9.14. The lowest BCUT2D eigenvalue weighted by molar-refractivity contribution is 0.476. The molecule has 0 amide bonds. The predicted octanol–water partition coefficient (Wildman–Crippen LogP) is 4.94. The van der Waals surface area contributed by atoms with E-state index < -0.39 is 0 Å². The number of aromatic hydroxyl groups is 1. The smallest absolute Gasteiger partial charge is 0.117 e. The van der Waals surface area contributed by atoms with E-state index in [-0.39, 0.29) is 0 Å². The molecule has 3 nitrogen and oxygen atoms in total. The molecular formula is C22H24N2OS. The van der Waals surface area contributed by atoms with Crippen molar-refractivity contribution in [2.75, 3.05) is 12.3 Å². The Bertz CT molecular complexity index is 901. The van der Waals surface area contributed by atoms with Gasteiger partial charge in [-0.05, 0) is 47.4 Å². The zero-order valence-electron chi connectivity index (χ0n) is 14.7. The van der Waals surface area contributed by atoms with Crippen LogP contribution in [0.2, 0.25) is 0 Å². The van der Waals surface area contributed by atoms with E-state index >= 15 is 0 Å². The molecule has 134 valence electrons. The van der Waals surface area contributed by atoms with Crippen LogP contribution >= 0.6 is 11.8 Å². The highest BCUT2D eigenvalue weighted by atomic mass is 32.2. The molecule has 0 spiro atoms. The molecule has 3 aromatic rings. The first-order chi connectivity index (χ1) is 12.8. The summed E-state index contributed by atoms with van der Waals surface area (Å²) in [6.45, 7) is 0.964. The second-order valence-electron chi connectivity index (χ2n) is 6.79. The van der Waals surface area contributed by atoms with Crippen LogP contribution in [0.25, 0.3) is 16.5 Å². The van der Waals surface area contributed by atoms with E-state index in [1.54, 1.807) is 12.1 Å². The van der Waals surface area contributed by atoms with Gasteiger partial charge in [0, 0.05) is 41.5 Å². The van der Waals surface area contributed by atoms with Crippen LogP contribution in [0, 0.1) is 0 Å². The van der Waals surface area contributed by atoms with Gasteiger partial charge in [-0.15, -0.1) is 0 Å². The van der Waals surface area contributed by atoms with Crippen LogP contribution in [-0.4, -0.2) is 28.4 Å². The van der Waals surface area contributed by atoms with Gasteiger partial charge in [0.1, 0.15) is 5.75 Å². The van der Waals surface area contributed by atoms with Crippen molar-refractivity contribution in [3.05, 3.63) is 71.9 Å². The minimum Gasteiger partial charge on any atom is -0.508 e. The number of phenolic OH excluding ortho intramolecular Hbond substituents is 1. The molecule has 0 aliphatic carbocycles. The quantitative estimate of drug-likeness (QED) is 0.543. The maximum Gasteiger partial charge on any atom is 0.117 e. The van der Waals surface area contributed by atoms with Gasteiger partial charge in [0.15, 0.2) is 0 Å². The van der Waals surface area contributed by atoms with Crippen LogP contribution in [0.4, 0.5) is 0 Å². The average molecular weight is 365 g/mol. The van der Waals surface area contributed by atoms with Crippen LogP contribution in [0.5, 0.6) is 5.75 Å². The van der Waals surface area contributed by atoms with E-state index in [2.05, 4.69) is 52.9 Å². The Morgan fingerprint density at radius 1 is 1.12 bits per heavy atom. The molecule has 1 aliphatic rings. The lowest BCUT2D eigenvalue weighted by Crippen LogP contribution is -2.33. The normalized spacial score (nSPS) is 17.4. The van der Waals surface area contributed by atoms with Crippen LogP contribution in [0.15, 0.2) is 60.8 Å². The van der Waals surface area contributed by atoms with Crippen LogP contribution in [-0.2, 0) is 5.75 Å². The molecule has 0 saturated heterocycles. The van der Waals surface area contributed by atoms with Crippen LogP contribution in [0.3, 0.4) is 0 Å². The van der Waals surface area contributed by atoms with Crippen LogP contribution < -0.4 is 5.32 Å². The Labute approximate surface area is 158 Å². The number of aromatic amines is 1. The van der Waals surface area contributed by atoms with Crippen molar-refractivity contribution in [1.29, 1.82) is 0 Å². The number of hydrogen-bond acceptors (Lipinski definition) is 3. The third-order valence-electron chi connectivity index (χ3n) is 4.99. The number of rotatable bonds is 6. The Morgan fingerprint density at radius 3 is 2.88 bits per heavy atom. The Kier molecular flexibility index (Phi) is 5.32. The minimum atomic E-state index is 0.309. The first kappa shape index (κ1) is 17.3. The fourth-order valence-electron chi connectivity index (χ4n) is 3.56. The molecule has 1 aliphatic heterocycles. The molecule has 26 heavy (non-hydrogen) atoms. The third kappa shape index (κ3) is 3.97. The molecule has 1 aromatic heterocycles. The summed E-state index contributed by atoms with van der Waals surface area (Å²) < 4.78 is 0. The lowest BCUT2D eigenvalue weighted by Gasteiger charge is -2.24. The molecule has 0 saturated carbocycles. The molecule has 1 unspecified atom stereocenters. The van der Waals surface area contributed by atoms with Gasteiger partial charge in [-0.25, -0.2) is 0 Å². The minimum absolute atomic E-state index is 0.309. The third-order valence-corrected chi connectivity index (χ3v) is 6.02. The number of aromatic nitrogens is 1. The summed E-state index contributed by atoms with van der Waals surface area (Å²) in [6.07, 6.45) is 6.67.